The van der Waals surface area contributed by atoms with Crippen molar-refractivity contribution in [1.82, 2.24) is 5.32 Å². The minimum absolute atomic E-state index is 0.571. The SMILES string of the molecule is CCNC(C)Cc1ccc(C)c(C)c1. The lowest BCUT2D eigenvalue weighted by atomic mass is 10.0. The Balaban J connectivity index is 2.63. The molecule has 14 heavy (non-hydrogen) atoms. The van der Waals surface area contributed by atoms with Crippen LogP contribution in [0.3, 0.4) is 0 Å². The lowest BCUT2D eigenvalue weighted by molar-refractivity contribution is 0.565. The van der Waals surface area contributed by atoms with Crippen LogP contribution in [0.4, 0.5) is 0 Å². The van der Waals surface area contributed by atoms with E-state index in [4.69, 9.17) is 0 Å². The minimum Gasteiger partial charge on any atom is -0.314 e. The van der Waals surface area contributed by atoms with Crippen molar-refractivity contribution in [3.05, 3.63) is 34.9 Å². The first-order valence-corrected chi connectivity index (χ1v) is 5.43. The van der Waals surface area contributed by atoms with E-state index in [2.05, 4.69) is 51.2 Å². The highest BCUT2D eigenvalue weighted by Crippen LogP contribution is 2.11. The molecule has 1 N–H and O–H groups in total. The van der Waals surface area contributed by atoms with Crippen molar-refractivity contribution in [2.45, 2.75) is 40.2 Å². The first-order chi connectivity index (χ1) is 6.63. The Kier molecular flexibility index (Phi) is 4.15. The third-order valence-corrected chi connectivity index (χ3v) is 2.67. The van der Waals surface area contributed by atoms with Crippen molar-refractivity contribution >= 4 is 0 Å². The summed E-state index contributed by atoms with van der Waals surface area (Å²) in [6.07, 6.45) is 1.12. The van der Waals surface area contributed by atoms with Crippen LogP contribution in [0.15, 0.2) is 18.2 Å². The molecule has 1 rings (SSSR count). The number of nitrogens with one attached hydrogen (secondary N) is 1. The van der Waals surface area contributed by atoms with E-state index in [1.807, 2.05) is 0 Å². The summed E-state index contributed by atoms with van der Waals surface area (Å²) in [5.41, 5.74) is 4.21. The molecule has 0 aliphatic heterocycles. The van der Waals surface area contributed by atoms with Crippen LogP contribution in [0.5, 0.6) is 0 Å². The molecule has 0 aliphatic carbocycles. The molecule has 0 aliphatic rings. The summed E-state index contributed by atoms with van der Waals surface area (Å²) in [5.74, 6) is 0. The highest BCUT2D eigenvalue weighted by Gasteiger charge is 2.02. The number of hydrogen-bond acceptors (Lipinski definition) is 1. The van der Waals surface area contributed by atoms with Gasteiger partial charge in [0.15, 0.2) is 0 Å². The summed E-state index contributed by atoms with van der Waals surface area (Å²) < 4.78 is 0. The van der Waals surface area contributed by atoms with Gasteiger partial charge >= 0.3 is 0 Å². The molecule has 1 nitrogen and oxygen atoms in total. The quantitative estimate of drug-likeness (QED) is 0.771. The predicted octanol–water partition coefficient (Wildman–Crippen LogP) is 2.84. The summed E-state index contributed by atoms with van der Waals surface area (Å²) in [6, 6.07) is 7.31. The number of rotatable bonds is 4. The largest absolute Gasteiger partial charge is 0.314 e. The zero-order chi connectivity index (χ0) is 10.6. The van der Waals surface area contributed by atoms with Crippen LogP contribution in [0.1, 0.15) is 30.5 Å². The molecule has 1 atom stereocenters. The summed E-state index contributed by atoms with van der Waals surface area (Å²) in [6.45, 7) is 9.77. The third-order valence-electron chi connectivity index (χ3n) is 2.67. The van der Waals surface area contributed by atoms with Gasteiger partial charge in [0.1, 0.15) is 0 Å². The van der Waals surface area contributed by atoms with Gasteiger partial charge in [0.05, 0.1) is 0 Å². The van der Waals surface area contributed by atoms with Gasteiger partial charge in [-0.2, -0.15) is 0 Å². The van der Waals surface area contributed by atoms with E-state index in [0.717, 1.165) is 13.0 Å². The maximum absolute atomic E-state index is 3.43. The fraction of sp³-hybridized carbons (Fsp3) is 0.538. The highest BCUT2D eigenvalue weighted by atomic mass is 14.9. The highest BCUT2D eigenvalue weighted by molar-refractivity contribution is 5.30. The van der Waals surface area contributed by atoms with Crippen molar-refractivity contribution < 1.29 is 0 Å². The Morgan fingerprint density at radius 2 is 1.93 bits per heavy atom. The van der Waals surface area contributed by atoms with E-state index in [1.165, 1.54) is 16.7 Å². The molecule has 0 saturated carbocycles. The Hall–Kier alpha value is -0.820. The van der Waals surface area contributed by atoms with Crippen LogP contribution in [0.2, 0.25) is 0 Å². The lowest BCUT2D eigenvalue weighted by Gasteiger charge is -2.13. The monoisotopic (exact) mass is 191 g/mol. The average molecular weight is 191 g/mol. The summed E-state index contributed by atoms with van der Waals surface area (Å²) >= 11 is 0. The second kappa shape index (κ2) is 5.16. The van der Waals surface area contributed by atoms with Gasteiger partial charge in [-0.25, -0.2) is 0 Å². The number of hydrogen-bond donors (Lipinski definition) is 1. The zero-order valence-corrected chi connectivity index (χ0v) is 9.72. The zero-order valence-electron chi connectivity index (χ0n) is 9.72. The van der Waals surface area contributed by atoms with Crippen molar-refractivity contribution in [2.24, 2.45) is 0 Å². The molecule has 0 spiro atoms. The van der Waals surface area contributed by atoms with Gasteiger partial charge in [0.25, 0.3) is 0 Å². The second-order valence-electron chi connectivity index (χ2n) is 4.08. The Morgan fingerprint density at radius 1 is 1.21 bits per heavy atom. The van der Waals surface area contributed by atoms with E-state index >= 15 is 0 Å². The molecule has 0 radical (unpaired) electrons. The lowest BCUT2D eigenvalue weighted by Crippen LogP contribution is -2.27. The fourth-order valence-corrected chi connectivity index (χ4v) is 1.70. The van der Waals surface area contributed by atoms with Crippen LogP contribution >= 0.6 is 0 Å². The van der Waals surface area contributed by atoms with E-state index < -0.39 is 0 Å². The van der Waals surface area contributed by atoms with E-state index in [-0.39, 0.29) is 0 Å². The molecule has 1 heteroatoms. The number of benzene rings is 1. The van der Waals surface area contributed by atoms with E-state index in [1.54, 1.807) is 0 Å². The van der Waals surface area contributed by atoms with Crippen LogP contribution in [0.25, 0.3) is 0 Å². The molecular formula is C13H21N. The smallest absolute Gasteiger partial charge is 0.00790 e. The summed E-state index contributed by atoms with van der Waals surface area (Å²) in [7, 11) is 0. The Bertz CT molecular complexity index is 291. The molecule has 0 amide bonds. The number of aryl methyl sites for hydroxylation is 2. The third kappa shape index (κ3) is 3.15. The van der Waals surface area contributed by atoms with Crippen LogP contribution in [-0.2, 0) is 6.42 Å². The molecule has 0 saturated heterocycles. The average Bonchev–Trinajstić information content (AvgIpc) is 2.12. The minimum atomic E-state index is 0.571. The standard InChI is InChI=1S/C13H21N/c1-5-14-12(4)9-13-7-6-10(2)11(3)8-13/h6-8,12,14H,5,9H2,1-4H3. The van der Waals surface area contributed by atoms with E-state index in [0.29, 0.717) is 6.04 Å². The summed E-state index contributed by atoms with van der Waals surface area (Å²) in [4.78, 5) is 0. The van der Waals surface area contributed by atoms with Crippen molar-refractivity contribution in [3.8, 4) is 0 Å². The van der Waals surface area contributed by atoms with Gasteiger partial charge in [0.2, 0.25) is 0 Å². The van der Waals surface area contributed by atoms with Gasteiger partial charge in [-0.05, 0) is 50.4 Å². The van der Waals surface area contributed by atoms with Crippen molar-refractivity contribution in [3.63, 3.8) is 0 Å². The van der Waals surface area contributed by atoms with Crippen LogP contribution < -0.4 is 5.32 Å². The maximum Gasteiger partial charge on any atom is 0.00790 e. The molecule has 1 unspecified atom stereocenters. The van der Waals surface area contributed by atoms with Gasteiger partial charge in [-0.15, -0.1) is 0 Å². The second-order valence-corrected chi connectivity index (χ2v) is 4.08. The first-order valence-electron chi connectivity index (χ1n) is 5.43. The first kappa shape index (κ1) is 11.3. The molecule has 0 fully saturated rings. The Labute approximate surface area is 87.5 Å². The molecule has 0 bridgehead atoms. The van der Waals surface area contributed by atoms with Crippen molar-refractivity contribution in [1.29, 1.82) is 0 Å². The molecule has 0 aromatic heterocycles. The molecule has 1 aromatic rings. The fourth-order valence-electron chi connectivity index (χ4n) is 1.70. The Morgan fingerprint density at radius 3 is 2.50 bits per heavy atom. The molecule has 0 heterocycles. The van der Waals surface area contributed by atoms with Gasteiger partial charge in [0, 0.05) is 6.04 Å². The predicted molar refractivity (Wildman–Crippen MR) is 62.8 cm³/mol. The van der Waals surface area contributed by atoms with Gasteiger partial charge in [-0.1, -0.05) is 25.1 Å². The van der Waals surface area contributed by atoms with Crippen LogP contribution in [0, 0.1) is 13.8 Å². The van der Waals surface area contributed by atoms with Crippen LogP contribution in [-0.4, -0.2) is 12.6 Å². The topological polar surface area (TPSA) is 12.0 Å². The van der Waals surface area contributed by atoms with Crippen molar-refractivity contribution in [2.75, 3.05) is 6.54 Å². The normalized spacial score (nSPS) is 12.9. The molecule has 78 valence electrons. The van der Waals surface area contributed by atoms with Gasteiger partial charge in [-0.3, -0.25) is 0 Å². The molecular weight excluding hydrogens is 170 g/mol. The van der Waals surface area contributed by atoms with Gasteiger partial charge < -0.3 is 5.32 Å². The van der Waals surface area contributed by atoms with E-state index in [9.17, 15) is 0 Å². The number of likely N-dealkylation sites (N-methyl/N-ethyl adjacent to an activating group) is 1. The maximum atomic E-state index is 3.43. The molecule has 1 aromatic carbocycles. The summed E-state index contributed by atoms with van der Waals surface area (Å²) in [5, 5.41) is 3.43.